The van der Waals surface area contributed by atoms with Gasteiger partial charge in [-0.2, -0.15) is 0 Å². The van der Waals surface area contributed by atoms with Crippen LogP contribution in [0.25, 0.3) is 0 Å². The van der Waals surface area contributed by atoms with Crippen LogP contribution in [0.15, 0.2) is 10.5 Å². The Balaban J connectivity index is 1.50. The third kappa shape index (κ3) is 3.62. The normalized spacial score (nSPS) is 21.5. The Hall–Kier alpha value is -0.840. The Kier molecular flexibility index (Phi) is 4.44. The maximum absolute atomic E-state index is 6.01. The first-order valence-corrected chi connectivity index (χ1v) is 7.81. The van der Waals surface area contributed by atoms with Gasteiger partial charge in [0, 0.05) is 26.2 Å². The van der Waals surface area contributed by atoms with Crippen LogP contribution in [0.4, 0.5) is 0 Å². The van der Waals surface area contributed by atoms with Crippen molar-refractivity contribution in [2.24, 2.45) is 0 Å². The molecule has 2 fully saturated rings. The molecule has 4 nitrogen and oxygen atoms in total. The number of hydrogen-bond acceptors (Lipinski definition) is 4. The highest BCUT2D eigenvalue weighted by Crippen LogP contribution is 2.22. The van der Waals surface area contributed by atoms with Crippen molar-refractivity contribution in [2.45, 2.75) is 57.8 Å². The zero-order valence-corrected chi connectivity index (χ0v) is 12.7. The van der Waals surface area contributed by atoms with Crippen molar-refractivity contribution in [1.82, 2.24) is 10.2 Å². The number of hydrogen-bond donors (Lipinski definition) is 1. The molecule has 0 spiro atoms. The molecule has 3 rings (SSSR count). The highest BCUT2D eigenvalue weighted by molar-refractivity contribution is 5.20. The average molecular weight is 278 g/mol. The molecule has 0 unspecified atom stereocenters. The lowest BCUT2D eigenvalue weighted by Crippen LogP contribution is -2.36. The molecule has 0 aromatic carbocycles. The smallest absolute Gasteiger partial charge is 0.120 e. The van der Waals surface area contributed by atoms with Crippen molar-refractivity contribution in [3.8, 4) is 0 Å². The lowest BCUT2D eigenvalue weighted by atomic mass is 10.1. The minimum absolute atomic E-state index is 0.447. The van der Waals surface area contributed by atoms with E-state index in [4.69, 9.17) is 9.15 Å². The summed E-state index contributed by atoms with van der Waals surface area (Å²) < 4.78 is 11.4. The lowest BCUT2D eigenvalue weighted by molar-refractivity contribution is 0.0369. The van der Waals surface area contributed by atoms with Gasteiger partial charge in [0.2, 0.25) is 0 Å². The van der Waals surface area contributed by atoms with Gasteiger partial charge >= 0.3 is 0 Å². The molecule has 1 aromatic rings. The van der Waals surface area contributed by atoms with E-state index in [9.17, 15) is 0 Å². The van der Waals surface area contributed by atoms with Crippen molar-refractivity contribution in [3.05, 3.63) is 23.2 Å². The van der Waals surface area contributed by atoms with Gasteiger partial charge in [0.15, 0.2) is 0 Å². The molecule has 2 heterocycles. The molecule has 1 N–H and O–H groups in total. The van der Waals surface area contributed by atoms with Crippen LogP contribution in [-0.4, -0.2) is 37.2 Å². The number of furan rings is 1. The van der Waals surface area contributed by atoms with Crippen molar-refractivity contribution in [3.63, 3.8) is 0 Å². The maximum Gasteiger partial charge on any atom is 0.120 e. The standard InChI is InChI=1S/C16H26N2O2/c1-12-9-15(20-16(12)10-17-13-3-4-13)11-18-7-5-14(19-2)6-8-18/h9,13-14,17H,3-8,10-11H2,1-2H3. The lowest BCUT2D eigenvalue weighted by Gasteiger charge is -2.30. The van der Waals surface area contributed by atoms with E-state index in [1.807, 2.05) is 7.11 Å². The highest BCUT2D eigenvalue weighted by atomic mass is 16.5. The number of piperidine rings is 1. The number of rotatable bonds is 6. The number of nitrogens with zero attached hydrogens (tertiary/aromatic N) is 1. The zero-order valence-electron chi connectivity index (χ0n) is 12.7. The quantitative estimate of drug-likeness (QED) is 0.867. The summed E-state index contributed by atoms with van der Waals surface area (Å²) in [4.78, 5) is 2.46. The second-order valence-electron chi connectivity index (χ2n) is 6.19. The second-order valence-corrected chi connectivity index (χ2v) is 6.19. The molecule has 0 atom stereocenters. The van der Waals surface area contributed by atoms with E-state index in [0.29, 0.717) is 6.10 Å². The van der Waals surface area contributed by atoms with E-state index in [1.165, 1.54) is 18.4 Å². The molecule has 1 aliphatic carbocycles. The Labute approximate surface area is 121 Å². The topological polar surface area (TPSA) is 37.6 Å². The molecule has 1 saturated heterocycles. The number of methoxy groups -OCH3 is 1. The van der Waals surface area contributed by atoms with E-state index in [0.717, 1.165) is 56.6 Å². The number of nitrogens with one attached hydrogen (secondary N) is 1. The van der Waals surface area contributed by atoms with E-state index in [2.05, 4.69) is 23.2 Å². The Bertz CT molecular complexity index is 432. The summed E-state index contributed by atoms with van der Waals surface area (Å²) in [5.41, 5.74) is 1.28. The number of likely N-dealkylation sites (tertiary alicyclic amines) is 1. The van der Waals surface area contributed by atoms with Crippen LogP contribution in [0.2, 0.25) is 0 Å². The Morgan fingerprint density at radius 1 is 1.30 bits per heavy atom. The summed E-state index contributed by atoms with van der Waals surface area (Å²) >= 11 is 0. The first-order chi connectivity index (χ1) is 9.74. The van der Waals surface area contributed by atoms with Crippen molar-refractivity contribution in [1.29, 1.82) is 0 Å². The van der Waals surface area contributed by atoms with Crippen LogP contribution in [0.1, 0.15) is 42.8 Å². The largest absolute Gasteiger partial charge is 0.463 e. The summed E-state index contributed by atoms with van der Waals surface area (Å²) in [7, 11) is 1.81. The van der Waals surface area contributed by atoms with Crippen LogP contribution in [0.3, 0.4) is 0 Å². The SMILES string of the molecule is COC1CCN(Cc2cc(C)c(CNC3CC3)o2)CC1. The predicted octanol–water partition coefficient (Wildman–Crippen LogP) is 2.45. The van der Waals surface area contributed by atoms with Crippen molar-refractivity contribution >= 4 is 0 Å². The van der Waals surface area contributed by atoms with Gasteiger partial charge in [0.1, 0.15) is 11.5 Å². The summed E-state index contributed by atoms with van der Waals surface area (Å²) in [5.74, 6) is 2.21. The molecule has 1 saturated carbocycles. The van der Waals surface area contributed by atoms with Gasteiger partial charge in [-0.15, -0.1) is 0 Å². The Morgan fingerprint density at radius 3 is 2.70 bits per heavy atom. The molecule has 112 valence electrons. The molecule has 0 amide bonds. The van der Waals surface area contributed by atoms with Gasteiger partial charge in [0.25, 0.3) is 0 Å². The summed E-state index contributed by atoms with van der Waals surface area (Å²) in [5, 5.41) is 3.52. The van der Waals surface area contributed by atoms with Crippen LogP contribution >= 0.6 is 0 Å². The van der Waals surface area contributed by atoms with Crippen LogP contribution in [0.5, 0.6) is 0 Å². The fourth-order valence-corrected chi connectivity index (χ4v) is 2.89. The minimum atomic E-state index is 0.447. The third-order valence-corrected chi connectivity index (χ3v) is 4.45. The molecule has 1 aromatic heterocycles. The molecule has 2 aliphatic rings. The van der Waals surface area contributed by atoms with Crippen molar-refractivity contribution < 1.29 is 9.15 Å². The van der Waals surface area contributed by atoms with Gasteiger partial charge in [-0.3, -0.25) is 4.90 Å². The Morgan fingerprint density at radius 2 is 2.05 bits per heavy atom. The summed E-state index contributed by atoms with van der Waals surface area (Å²) in [6, 6.07) is 2.93. The fraction of sp³-hybridized carbons (Fsp3) is 0.750. The zero-order chi connectivity index (χ0) is 13.9. The van der Waals surface area contributed by atoms with Crippen LogP contribution in [-0.2, 0) is 17.8 Å². The fourth-order valence-electron chi connectivity index (χ4n) is 2.89. The average Bonchev–Trinajstić information content (AvgIpc) is 3.22. The minimum Gasteiger partial charge on any atom is -0.463 e. The van der Waals surface area contributed by atoms with Gasteiger partial charge in [-0.05, 0) is 44.2 Å². The second kappa shape index (κ2) is 6.29. The van der Waals surface area contributed by atoms with E-state index in [1.54, 1.807) is 0 Å². The van der Waals surface area contributed by atoms with Gasteiger partial charge in [-0.1, -0.05) is 0 Å². The van der Waals surface area contributed by atoms with Gasteiger partial charge in [-0.25, -0.2) is 0 Å². The molecule has 4 heteroatoms. The first kappa shape index (κ1) is 14.1. The summed E-state index contributed by atoms with van der Waals surface area (Å²) in [6.07, 6.45) is 5.35. The number of ether oxygens (including phenoxy) is 1. The predicted molar refractivity (Wildman–Crippen MR) is 78.6 cm³/mol. The third-order valence-electron chi connectivity index (χ3n) is 4.45. The maximum atomic E-state index is 6.01. The monoisotopic (exact) mass is 278 g/mol. The molecule has 0 bridgehead atoms. The highest BCUT2D eigenvalue weighted by Gasteiger charge is 2.22. The van der Waals surface area contributed by atoms with Crippen LogP contribution in [0, 0.1) is 6.92 Å². The van der Waals surface area contributed by atoms with E-state index < -0.39 is 0 Å². The molecule has 0 radical (unpaired) electrons. The van der Waals surface area contributed by atoms with Crippen molar-refractivity contribution in [2.75, 3.05) is 20.2 Å². The molecular formula is C16H26N2O2. The van der Waals surface area contributed by atoms with Crippen LogP contribution < -0.4 is 5.32 Å². The van der Waals surface area contributed by atoms with Gasteiger partial charge < -0.3 is 14.5 Å². The molecule has 20 heavy (non-hydrogen) atoms. The first-order valence-electron chi connectivity index (χ1n) is 7.81. The number of aryl methyl sites for hydroxylation is 1. The van der Waals surface area contributed by atoms with E-state index >= 15 is 0 Å². The van der Waals surface area contributed by atoms with E-state index in [-0.39, 0.29) is 0 Å². The molecule has 1 aliphatic heterocycles. The van der Waals surface area contributed by atoms with Gasteiger partial charge in [0.05, 0.1) is 19.2 Å². The summed E-state index contributed by atoms with van der Waals surface area (Å²) in [6.45, 7) is 6.17. The molecular weight excluding hydrogens is 252 g/mol.